The summed E-state index contributed by atoms with van der Waals surface area (Å²) in [4.78, 5) is 8.44. The van der Waals surface area contributed by atoms with Gasteiger partial charge in [-0.15, -0.1) is 0 Å². The molecule has 0 fully saturated rings. The van der Waals surface area contributed by atoms with Crippen LogP contribution in [0, 0.1) is 0 Å². The van der Waals surface area contributed by atoms with E-state index in [1.807, 2.05) is 6.07 Å². The molecular weight excluding hydrogens is 270 g/mol. The van der Waals surface area contributed by atoms with E-state index in [-0.39, 0.29) is 0 Å². The van der Waals surface area contributed by atoms with E-state index >= 15 is 0 Å². The van der Waals surface area contributed by atoms with Crippen LogP contribution < -0.4 is 19.5 Å². The normalized spacial score (nSPS) is 10.0. The van der Waals surface area contributed by atoms with Gasteiger partial charge in [-0.1, -0.05) is 13.0 Å². The molecule has 0 unspecified atom stereocenters. The molecule has 2 aromatic rings. The lowest BCUT2D eigenvalue weighted by Gasteiger charge is -2.13. The molecule has 0 saturated heterocycles. The van der Waals surface area contributed by atoms with Crippen molar-refractivity contribution in [1.29, 1.82) is 0 Å². The van der Waals surface area contributed by atoms with Crippen molar-refractivity contribution in [2.75, 3.05) is 26.1 Å². The summed E-state index contributed by atoms with van der Waals surface area (Å²) in [5.41, 5.74) is 0. The number of hydrogen-bond acceptors (Lipinski definition) is 6. The SMILES string of the molecule is CCCNc1nccc(Oc2c(OC)cccc2OC)n1. The van der Waals surface area contributed by atoms with Gasteiger partial charge in [0.25, 0.3) is 0 Å². The van der Waals surface area contributed by atoms with Gasteiger partial charge in [-0.05, 0) is 18.6 Å². The Kier molecular flexibility index (Phi) is 5.20. The highest BCUT2D eigenvalue weighted by atomic mass is 16.5. The standard InChI is InChI=1S/C15H19N3O3/c1-4-9-16-15-17-10-8-13(18-15)21-14-11(19-2)6-5-7-12(14)20-3/h5-8,10H,4,9H2,1-3H3,(H,16,17,18). The van der Waals surface area contributed by atoms with Crippen molar-refractivity contribution in [2.45, 2.75) is 13.3 Å². The van der Waals surface area contributed by atoms with Crippen molar-refractivity contribution in [2.24, 2.45) is 0 Å². The monoisotopic (exact) mass is 289 g/mol. The predicted molar refractivity (Wildman–Crippen MR) is 80.4 cm³/mol. The highest BCUT2D eigenvalue weighted by molar-refractivity contribution is 5.52. The van der Waals surface area contributed by atoms with Crippen molar-refractivity contribution >= 4 is 5.95 Å². The van der Waals surface area contributed by atoms with Gasteiger partial charge in [-0.2, -0.15) is 4.98 Å². The van der Waals surface area contributed by atoms with Gasteiger partial charge in [0.2, 0.25) is 17.6 Å². The second-order valence-corrected chi connectivity index (χ2v) is 4.24. The van der Waals surface area contributed by atoms with E-state index < -0.39 is 0 Å². The molecule has 6 nitrogen and oxygen atoms in total. The van der Waals surface area contributed by atoms with Gasteiger partial charge in [-0.25, -0.2) is 4.98 Å². The molecule has 1 aromatic carbocycles. The fourth-order valence-electron chi connectivity index (χ4n) is 1.74. The van der Waals surface area contributed by atoms with Crippen LogP contribution in [0.4, 0.5) is 5.95 Å². The number of anilines is 1. The van der Waals surface area contributed by atoms with Gasteiger partial charge in [0.1, 0.15) is 0 Å². The van der Waals surface area contributed by atoms with Crippen LogP contribution in [0.2, 0.25) is 0 Å². The fraction of sp³-hybridized carbons (Fsp3) is 0.333. The molecule has 0 radical (unpaired) electrons. The molecule has 0 aliphatic heterocycles. The smallest absolute Gasteiger partial charge is 0.225 e. The summed E-state index contributed by atoms with van der Waals surface area (Å²) in [6.07, 6.45) is 2.64. The molecule has 6 heteroatoms. The summed E-state index contributed by atoms with van der Waals surface area (Å²) < 4.78 is 16.4. The minimum atomic E-state index is 0.423. The first-order chi connectivity index (χ1) is 10.3. The average molecular weight is 289 g/mol. The van der Waals surface area contributed by atoms with E-state index in [9.17, 15) is 0 Å². The number of methoxy groups -OCH3 is 2. The summed E-state index contributed by atoms with van der Waals surface area (Å²) in [7, 11) is 3.16. The van der Waals surface area contributed by atoms with Crippen LogP contribution in [0.3, 0.4) is 0 Å². The largest absolute Gasteiger partial charge is 0.493 e. The van der Waals surface area contributed by atoms with Crippen LogP contribution in [-0.4, -0.2) is 30.7 Å². The van der Waals surface area contributed by atoms with Gasteiger partial charge in [-0.3, -0.25) is 0 Å². The Hall–Kier alpha value is -2.50. The zero-order valence-corrected chi connectivity index (χ0v) is 12.4. The van der Waals surface area contributed by atoms with Gasteiger partial charge in [0, 0.05) is 18.8 Å². The molecule has 1 aromatic heterocycles. The number of aromatic nitrogens is 2. The van der Waals surface area contributed by atoms with E-state index in [1.165, 1.54) is 0 Å². The number of para-hydroxylation sites is 1. The molecule has 1 N–H and O–H groups in total. The number of benzene rings is 1. The maximum atomic E-state index is 5.80. The lowest BCUT2D eigenvalue weighted by Crippen LogP contribution is -2.04. The predicted octanol–water partition coefficient (Wildman–Crippen LogP) is 3.11. The first-order valence-electron chi connectivity index (χ1n) is 6.74. The molecule has 0 saturated carbocycles. The van der Waals surface area contributed by atoms with Crippen LogP contribution in [0.25, 0.3) is 0 Å². The lowest BCUT2D eigenvalue weighted by molar-refractivity contribution is 0.342. The van der Waals surface area contributed by atoms with E-state index in [0.717, 1.165) is 13.0 Å². The van der Waals surface area contributed by atoms with E-state index in [4.69, 9.17) is 14.2 Å². The zero-order chi connectivity index (χ0) is 15.1. The minimum Gasteiger partial charge on any atom is -0.493 e. The molecule has 0 aliphatic rings. The maximum Gasteiger partial charge on any atom is 0.225 e. The number of ether oxygens (including phenoxy) is 3. The molecule has 2 rings (SSSR count). The van der Waals surface area contributed by atoms with Crippen LogP contribution in [0.1, 0.15) is 13.3 Å². The topological polar surface area (TPSA) is 65.5 Å². The van der Waals surface area contributed by atoms with Crippen LogP contribution in [0.5, 0.6) is 23.1 Å². The Bertz CT molecular complexity index is 568. The van der Waals surface area contributed by atoms with Crippen LogP contribution in [0.15, 0.2) is 30.5 Å². The Morgan fingerprint density at radius 1 is 1.10 bits per heavy atom. The quantitative estimate of drug-likeness (QED) is 0.845. The third-order valence-electron chi connectivity index (χ3n) is 2.75. The molecule has 0 spiro atoms. The van der Waals surface area contributed by atoms with Crippen LogP contribution >= 0.6 is 0 Å². The van der Waals surface area contributed by atoms with E-state index in [0.29, 0.717) is 29.1 Å². The van der Waals surface area contributed by atoms with E-state index in [2.05, 4.69) is 22.2 Å². The molecular formula is C15H19N3O3. The number of hydrogen-bond donors (Lipinski definition) is 1. The molecule has 0 atom stereocenters. The summed E-state index contributed by atoms with van der Waals surface area (Å²) in [5, 5.41) is 3.11. The Balaban J connectivity index is 2.25. The third-order valence-corrected chi connectivity index (χ3v) is 2.75. The second kappa shape index (κ2) is 7.33. The Labute approximate surface area is 124 Å². The maximum absolute atomic E-state index is 5.80. The van der Waals surface area contributed by atoms with Crippen molar-refractivity contribution < 1.29 is 14.2 Å². The minimum absolute atomic E-state index is 0.423. The lowest BCUT2D eigenvalue weighted by atomic mass is 10.3. The fourth-order valence-corrected chi connectivity index (χ4v) is 1.74. The Morgan fingerprint density at radius 2 is 1.81 bits per heavy atom. The van der Waals surface area contributed by atoms with Crippen molar-refractivity contribution in [1.82, 2.24) is 9.97 Å². The van der Waals surface area contributed by atoms with Crippen molar-refractivity contribution in [3.63, 3.8) is 0 Å². The van der Waals surface area contributed by atoms with Gasteiger partial charge in [0.15, 0.2) is 11.5 Å². The second-order valence-electron chi connectivity index (χ2n) is 4.24. The summed E-state index contributed by atoms with van der Waals surface area (Å²) in [6, 6.07) is 7.12. The van der Waals surface area contributed by atoms with Crippen molar-refractivity contribution in [3.05, 3.63) is 30.5 Å². The van der Waals surface area contributed by atoms with Gasteiger partial charge < -0.3 is 19.5 Å². The molecule has 0 aliphatic carbocycles. The summed E-state index contributed by atoms with van der Waals surface area (Å²) >= 11 is 0. The third kappa shape index (κ3) is 3.75. The van der Waals surface area contributed by atoms with E-state index in [1.54, 1.807) is 38.6 Å². The molecule has 1 heterocycles. The number of nitrogens with zero attached hydrogens (tertiary/aromatic N) is 2. The summed E-state index contributed by atoms with van der Waals surface area (Å²) in [6.45, 7) is 2.88. The highest BCUT2D eigenvalue weighted by Crippen LogP contribution is 2.39. The highest BCUT2D eigenvalue weighted by Gasteiger charge is 2.13. The summed E-state index contributed by atoms with van der Waals surface area (Å²) in [5.74, 6) is 2.60. The van der Waals surface area contributed by atoms with Crippen LogP contribution in [-0.2, 0) is 0 Å². The van der Waals surface area contributed by atoms with Gasteiger partial charge in [0.05, 0.1) is 14.2 Å². The Morgan fingerprint density at radius 3 is 2.43 bits per heavy atom. The average Bonchev–Trinajstić information content (AvgIpc) is 2.53. The molecule has 0 bridgehead atoms. The van der Waals surface area contributed by atoms with Gasteiger partial charge >= 0.3 is 0 Å². The number of nitrogens with one attached hydrogen (secondary N) is 1. The first-order valence-corrected chi connectivity index (χ1v) is 6.74. The molecule has 21 heavy (non-hydrogen) atoms. The molecule has 112 valence electrons. The molecule has 0 amide bonds. The zero-order valence-electron chi connectivity index (χ0n) is 12.4. The van der Waals surface area contributed by atoms with Crippen molar-refractivity contribution in [3.8, 4) is 23.1 Å². The number of rotatable bonds is 7. The first kappa shape index (κ1) is 14.9.